The highest BCUT2D eigenvalue weighted by Gasteiger charge is 2.31. The van der Waals surface area contributed by atoms with Crippen LogP contribution in [0.4, 0.5) is 18.9 Å². The van der Waals surface area contributed by atoms with E-state index in [0.717, 1.165) is 30.0 Å². The number of halogens is 5. The molecule has 0 aliphatic carbocycles. The van der Waals surface area contributed by atoms with Gasteiger partial charge in [0.2, 0.25) is 5.91 Å². The molecule has 1 heterocycles. The van der Waals surface area contributed by atoms with Gasteiger partial charge < -0.3 is 15.2 Å². The zero-order valence-corrected chi connectivity index (χ0v) is 22.4. The number of hydrogen-bond donors (Lipinski definition) is 2. The molecule has 0 aliphatic heterocycles. The van der Waals surface area contributed by atoms with E-state index in [1.54, 1.807) is 35.9 Å². The number of hydrogen-bond acceptors (Lipinski definition) is 5. The molecule has 198 valence electrons. The number of nitrogens with one attached hydrogen (secondary N) is 2. The molecule has 2 amide bonds. The lowest BCUT2D eigenvalue weighted by Gasteiger charge is -2.20. The van der Waals surface area contributed by atoms with Crippen molar-refractivity contribution in [2.24, 2.45) is 13.0 Å². The van der Waals surface area contributed by atoms with E-state index in [1.807, 2.05) is 13.8 Å². The molecule has 0 aliphatic rings. The van der Waals surface area contributed by atoms with Gasteiger partial charge in [0, 0.05) is 7.05 Å². The van der Waals surface area contributed by atoms with Gasteiger partial charge in [-0.05, 0) is 42.7 Å². The zero-order valence-electron chi connectivity index (χ0n) is 20.1. The normalized spacial score (nSPS) is 12.5. The Morgan fingerprint density at radius 3 is 2.43 bits per heavy atom. The Morgan fingerprint density at radius 1 is 1.08 bits per heavy atom. The maximum absolute atomic E-state index is 13.0. The van der Waals surface area contributed by atoms with Gasteiger partial charge in [-0.15, -0.1) is 10.2 Å². The second kappa shape index (κ2) is 12.2. The van der Waals surface area contributed by atoms with Crippen LogP contribution in [0.3, 0.4) is 0 Å². The number of anilines is 1. The number of carbonyl (C=O) groups is 2. The third-order valence-corrected chi connectivity index (χ3v) is 6.89. The van der Waals surface area contributed by atoms with Crippen molar-refractivity contribution in [2.45, 2.75) is 37.6 Å². The average molecular weight is 574 g/mol. The van der Waals surface area contributed by atoms with E-state index in [4.69, 9.17) is 23.2 Å². The summed E-state index contributed by atoms with van der Waals surface area (Å²) < 4.78 is 40.6. The van der Waals surface area contributed by atoms with Gasteiger partial charge in [0.25, 0.3) is 5.91 Å². The van der Waals surface area contributed by atoms with Gasteiger partial charge in [-0.25, -0.2) is 0 Å². The van der Waals surface area contributed by atoms with Crippen LogP contribution < -0.4 is 10.6 Å². The van der Waals surface area contributed by atoms with Gasteiger partial charge in [-0.2, -0.15) is 13.2 Å². The Balaban J connectivity index is 1.70. The number of rotatable bonds is 9. The number of aromatic nitrogens is 3. The first-order chi connectivity index (χ1) is 17.4. The van der Waals surface area contributed by atoms with E-state index in [9.17, 15) is 22.8 Å². The Hall–Kier alpha value is -2.76. The number of nitrogens with zero attached hydrogens (tertiary/aromatic N) is 3. The van der Waals surface area contributed by atoms with Gasteiger partial charge in [0.05, 0.1) is 38.7 Å². The molecule has 37 heavy (non-hydrogen) atoms. The lowest BCUT2D eigenvalue weighted by atomic mass is 10.0. The summed E-state index contributed by atoms with van der Waals surface area (Å²) in [4.78, 5) is 25.3. The summed E-state index contributed by atoms with van der Waals surface area (Å²) in [6.07, 6.45) is -4.00. The minimum Gasteiger partial charge on any atom is -0.342 e. The van der Waals surface area contributed by atoms with E-state index < -0.39 is 23.7 Å². The summed E-state index contributed by atoms with van der Waals surface area (Å²) in [6, 6.07) is 8.91. The largest absolute Gasteiger partial charge is 0.416 e. The highest BCUT2D eigenvalue weighted by atomic mass is 35.5. The minimum atomic E-state index is -4.57. The summed E-state index contributed by atoms with van der Waals surface area (Å²) in [5.74, 6) is -0.378. The molecular weight excluding hydrogens is 550 g/mol. The molecule has 3 aromatic rings. The third-order valence-electron chi connectivity index (χ3n) is 5.21. The zero-order chi connectivity index (χ0) is 27.3. The molecule has 7 nitrogen and oxygen atoms in total. The van der Waals surface area contributed by atoms with Crippen molar-refractivity contribution >= 4 is 52.5 Å². The third kappa shape index (κ3) is 7.62. The van der Waals surface area contributed by atoms with Crippen molar-refractivity contribution in [1.82, 2.24) is 20.1 Å². The highest BCUT2D eigenvalue weighted by Crippen LogP contribution is 2.34. The lowest BCUT2D eigenvalue weighted by Crippen LogP contribution is -2.31. The smallest absolute Gasteiger partial charge is 0.342 e. The van der Waals surface area contributed by atoms with Gasteiger partial charge in [0.15, 0.2) is 11.0 Å². The quantitative estimate of drug-likeness (QED) is 0.289. The maximum atomic E-state index is 13.0. The summed E-state index contributed by atoms with van der Waals surface area (Å²) in [6.45, 7) is 4.01. The van der Waals surface area contributed by atoms with Crippen molar-refractivity contribution in [3.05, 3.63) is 69.5 Å². The Morgan fingerprint density at radius 2 is 1.78 bits per heavy atom. The molecule has 0 unspecified atom stereocenters. The number of thioether (sulfide) groups is 1. The first-order valence-corrected chi connectivity index (χ1v) is 12.8. The van der Waals surface area contributed by atoms with E-state index in [0.29, 0.717) is 28.0 Å². The number of benzene rings is 2. The standard InChI is InChI=1S/C24H24Cl2F3N5O2S/c1-13(2)10-19(31-22(36)15-6-4-5-7-16(15)25)21-32-33-23(34(21)3)37-12-20(35)30-18-11-14(24(27,28)29)8-9-17(18)26/h4-9,11,13,19H,10,12H2,1-3H3,(H,30,35)(H,31,36)/t19-/m1/s1. The van der Waals surface area contributed by atoms with Crippen LogP contribution in [0.1, 0.15) is 48.1 Å². The van der Waals surface area contributed by atoms with E-state index >= 15 is 0 Å². The Bertz CT molecular complexity index is 1280. The monoisotopic (exact) mass is 573 g/mol. The predicted molar refractivity (Wildman–Crippen MR) is 138 cm³/mol. The molecule has 13 heteroatoms. The van der Waals surface area contributed by atoms with Crippen LogP contribution in [0.5, 0.6) is 0 Å². The number of carbonyl (C=O) groups excluding carboxylic acids is 2. The van der Waals surface area contributed by atoms with Gasteiger partial charge >= 0.3 is 6.18 Å². The molecule has 2 aromatic carbocycles. The maximum Gasteiger partial charge on any atom is 0.416 e. The molecular formula is C24H24Cl2F3N5O2S. The fourth-order valence-corrected chi connectivity index (χ4v) is 4.56. The van der Waals surface area contributed by atoms with E-state index in [1.165, 1.54) is 0 Å². The van der Waals surface area contributed by atoms with Crippen LogP contribution in [0, 0.1) is 5.92 Å². The van der Waals surface area contributed by atoms with Crippen LogP contribution in [-0.2, 0) is 18.0 Å². The second-order valence-electron chi connectivity index (χ2n) is 8.56. The molecule has 0 radical (unpaired) electrons. The van der Waals surface area contributed by atoms with Crippen LogP contribution in [0.15, 0.2) is 47.6 Å². The molecule has 0 fully saturated rings. The summed E-state index contributed by atoms with van der Waals surface area (Å²) in [5.41, 5.74) is -0.729. The SMILES string of the molecule is CC(C)C[C@@H](NC(=O)c1ccccc1Cl)c1nnc(SCC(=O)Nc2cc(C(F)(F)F)ccc2Cl)n1C. The van der Waals surface area contributed by atoms with Crippen LogP contribution in [0.25, 0.3) is 0 Å². The van der Waals surface area contributed by atoms with Crippen molar-refractivity contribution in [3.63, 3.8) is 0 Å². The van der Waals surface area contributed by atoms with Crippen molar-refractivity contribution in [1.29, 1.82) is 0 Å². The number of amides is 2. The molecule has 2 N–H and O–H groups in total. The summed E-state index contributed by atoms with van der Waals surface area (Å²) in [7, 11) is 1.70. The Labute approximate surface area is 226 Å². The van der Waals surface area contributed by atoms with Crippen molar-refractivity contribution in [2.75, 3.05) is 11.1 Å². The van der Waals surface area contributed by atoms with Crippen LogP contribution >= 0.6 is 35.0 Å². The minimum absolute atomic E-state index is 0.0157. The molecule has 3 rings (SSSR count). The van der Waals surface area contributed by atoms with E-state index in [2.05, 4.69) is 20.8 Å². The molecule has 0 spiro atoms. The Kier molecular flexibility index (Phi) is 9.49. The van der Waals surface area contributed by atoms with Crippen molar-refractivity contribution < 1.29 is 22.8 Å². The summed E-state index contributed by atoms with van der Waals surface area (Å²) >= 11 is 13.2. The molecule has 0 bridgehead atoms. The van der Waals surface area contributed by atoms with Gasteiger partial charge in [-0.3, -0.25) is 9.59 Å². The second-order valence-corrected chi connectivity index (χ2v) is 10.3. The first kappa shape index (κ1) is 28.8. The van der Waals surface area contributed by atoms with Crippen LogP contribution in [-0.4, -0.2) is 32.3 Å². The first-order valence-electron chi connectivity index (χ1n) is 11.1. The fraction of sp³-hybridized carbons (Fsp3) is 0.333. The molecule has 0 saturated carbocycles. The van der Waals surface area contributed by atoms with Crippen molar-refractivity contribution in [3.8, 4) is 0 Å². The molecule has 1 aromatic heterocycles. The topological polar surface area (TPSA) is 88.9 Å². The predicted octanol–water partition coefficient (Wildman–Crippen LogP) is 6.39. The average Bonchev–Trinajstić information content (AvgIpc) is 3.18. The molecule has 0 saturated heterocycles. The number of alkyl halides is 3. The highest BCUT2D eigenvalue weighted by molar-refractivity contribution is 7.99. The van der Waals surface area contributed by atoms with E-state index in [-0.39, 0.29) is 28.3 Å². The lowest BCUT2D eigenvalue weighted by molar-refractivity contribution is -0.137. The van der Waals surface area contributed by atoms with Crippen LogP contribution in [0.2, 0.25) is 10.0 Å². The fourth-order valence-electron chi connectivity index (χ4n) is 3.45. The van der Waals surface area contributed by atoms with Gasteiger partial charge in [0.1, 0.15) is 0 Å². The molecule has 1 atom stereocenters. The van der Waals surface area contributed by atoms with Gasteiger partial charge in [-0.1, -0.05) is 60.9 Å². The summed E-state index contributed by atoms with van der Waals surface area (Å²) in [5, 5.41) is 14.4.